The highest BCUT2D eigenvalue weighted by molar-refractivity contribution is 6.01. The second kappa shape index (κ2) is 47.5. The van der Waals surface area contributed by atoms with E-state index >= 15 is 0 Å². The van der Waals surface area contributed by atoms with Crippen molar-refractivity contribution in [3.05, 3.63) is 72.5 Å². The Labute approximate surface area is 313 Å². The van der Waals surface area contributed by atoms with Gasteiger partial charge in [0.2, 0.25) is 0 Å². The summed E-state index contributed by atoms with van der Waals surface area (Å²) in [4.78, 5) is 12.3. The molecule has 1 atom stereocenters. The summed E-state index contributed by atoms with van der Waals surface area (Å²) < 4.78 is 0. The lowest BCUT2D eigenvalue weighted by Crippen LogP contribution is -2.27. The molecule has 49 heavy (non-hydrogen) atoms. The van der Waals surface area contributed by atoms with E-state index in [-0.39, 0.29) is 6.84 Å². The van der Waals surface area contributed by atoms with Gasteiger partial charge in [-0.15, -0.1) is 0 Å². The smallest absolute Gasteiger partial charge is 0.134 e. The SMILES string of the molecule is C=CN(C(=C)NCCC)C(=C/C/C(C)=C/CC)/N=C(\C)C1=CCCC(C(C)(C)C)C=C1.C=NC.CC.CC.CC.CC.CCC.CN(C)C.[HH]. The van der Waals surface area contributed by atoms with Gasteiger partial charge in [-0.05, 0) is 96.8 Å². The van der Waals surface area contributed by atoms with Crippen molar-refractivity contribution in [2.24, 2.45) is 21.3 Å². The van der Waals surface area contributed by atoms with Crippen molar-refractivity contribution < 1.29 is 1.43 Å². The monoisotopic (exact) mass is 692 g/mol. The normalized spacial score (nSPS) is 13.5. The number of rotatable bonds is 11. The molecular weight excluding hydrogens is 599 g/mol. The third kappa shape index (κ3) is 43.3. The molecule has 0 aliphatic heterocycles. The minimum absolute atomic E-state index is 0. The number of aliphatic imine (C=N–C) groups is 2. The predicted molar refractivity (Wildman–Crippen MR) is 237 cm³/mol. The van der Waals surface area contributed by atoms with Crippen LogP contribution in [0.5, 0.6) is 0 Å². The van der Waals surface area contributed by atoms with Gasteiger partial charge in [-0.2, -0.15) is 0 Å². The molecule has 0 radical (unpaired) electrons. The molecule has 1 aliphatic rings. The molecule has 0 saturated heterocycles. The summed E-state index contributed by atoms with van der Waals surface area (Å²) >= 11 is 0. The van der Waals surface area contributed by atoms with Crippen LogP contribution in [-0.2, 0) is 0 Å². The molecule has 5 heteroatoms. The zero-order valence-electron chi connectivity index (χ0n) is 37.4. The lowest BCUT2D eigenvalue weighted by molar-refractivity contribution is 0.280. The van der Waals surface area contributed by atoms with E-state index in [9.17, 15) is 0 Å². The van der Waals surface area contributed by atoms with Crippen LogP contribution in [0.3, 0.4) is 0 Å². The predicted octanol–water partition coefficient (Wildman–Crippen LogP) is 14.2. The number of nitrogens with zero attached hydrogens (tertiary/aromatic N) is 4. The Morgan fingerprint density at radius 3 is 1.78 bits per heavy atom. The topological polar surface area (TPSA) is 43.2 Å². The van der Waals surface area contributed by atoms with Crippen LogP contribution in [0.4, 0.5) is 0 Å². The van der Waals surface area contributed by atoms with Gasteiger partial charge in [0.15, 0.2) is 0 Å². The minimum atomic E-state index is 0. The van der Waals surface area contributed by atoms with Gasteiger partial charge in [-0.25, -0.2) is 4.99 Å². The van der Waals surface area contributed by atoms with E-state index in [2.05, 4.69) is 123 Å². The Morgan fingerprint density at radius 1 is 0.959 bits per heavy atom. The van der Waals surface area contributed by atoms with Gasteiger partial charge < -0.3 is 15.2 Å². The van der Waals surface area contributed by atoms with E-state index in [1.807, 2.05) is 86.3 Å². The standard InChI is InChI=1S/C28H45N3.C3H9N.C3H8.C2H5N.4C2H6.H2/c1-10-14-22(4)17-20-27(31(12-3)24(6)29-21-11-2)30-23(5)25-15-13-16-26(19-18-25)28(7,8)9;1-4(2)3;2*1-3-2;4*1-2;/h12,14-15,18-20,26,29H,3,6,10-11,13,16-17,21H2,1-2,4-5,7-9H3;1-3H3;3H2,1-2H3;1H2,2H3;4*1-2H3;1H/b22-14+,27-20+,30-23+;;;;;;;;. The van der Waals surface area contributed by atoms with Crippen LogP contribution in [0, 0.1) is 11.3 Å². The van der Waals surface area contributed by atoms with Crippen LogP contribution in [0.2, 0.25) is 0 Å². The van der Waals surface area contributed by atoms with Gasteiger partial charge in [0.25, 0.3) is 0 Å². The molecule has 0 aromatic carbocycles. The van der Waals surface area contributed by atoms with Crippen LogP contribution in [0.1, 0.15) is 158 Å². The van der Waals surface area contributed by atoms with Gasteiger partial charge in [0.1, 0.15) is 11.6 Å². The summed E-state index contributed by atoms with van der Waals surface area (Å²) in [6, 6.07) is 0. The molecule has 1 rings (SSSR count). The molecule has 294 valence electrons. The Balaban J connectivity index is -0.000000131. The minimum Gasteiger partial charge on any atom is -0.372 e. The zero-order valence-corrected chi connectivity index (χ0v) is 37.4. The third-order valence-electron chi connectivity index (χ3n) is 5.62. The van der Waals surface area contributed by atoms with E-state index in [0.29, 0.717) is 5.92 Å². The first-order valence-corrected chi connectivity index (χ1v) is 19.3. The van der Waals surface area contributed by atoms with Gasteiger partial charge in [0, 0.05) is 26.9 Å². The average molecular weight is 692 g/mol. The largest absolute Gasteiger partial charge is 0.372 e. The fraction of sp³-hybridized carbons (Fsp3) is 0.682. The molecule has 0 bridgehead atoms. The van der Waals surface area contributed by atoms with E-state index in [1.54, 1.807) is 13.2 Å². The van der Waals surface area contributed by atoms with Crippen molar-refractivity contribution in [1.29, 1.82) is 0 Å². The molecule has 1 unspecified atom stereocenters. The van der Waals surface area contributed by atoms with Crippen molar-refractivity contribution in [2.45, 2.75) is 156 Å². The number of hydrogen-bond donors (Lipinski definition) is 1. The van der Waals surface area contributed by atoms with Crippen LogP contribution < -0.4 is 5.32 Å². The van der Waals surface area contributed by atoms with E-state index < -0.39 is 0 Å². The van der Waals surface area contributed by atoms with Crippen molar-refractivity contribution in [1.82, 2.24) is 15.1 Å². The first-order valence-electron chi connectivity index (χ1n) is 19.3. The first kappa shape index (κ1) is 61.6. The highest BCUT2D eigenvalue weighted by Gasteiger charge is 2.23. The molecule has 0 aromatic heterocycles. The highest BCUT2D eigenvalue weighted by Crippen LogP contribution is 2.33. The van der Waals surface area contributed by atoms with Gasteiger partial charge in [0.05, 0.1) is 0 Å². The molecule has 1 aliphatic carbocycles. The maximum Gasteiger partial charge on any atom is 0.134 e. The third-order valence-corrected chi connectivity index (χ3v) is 5.62. The van der Waals surface area contributed by atoms with Crippen LogP contribution in [-0.4, -0.2) is 57.0 Å². The molecular formula is C44H93N5. The summed E-state index contributed by atoms with van der Waals surface area (Å²) in [5.41, 5.74) is 3.84. The summed E-state index contributed by atoms with van der Waals surface area (Å²) in [6.45, 7) is 48.0. The second-order valence-electron chi connectivity index (χ2n) is 11.8. The summed E-state index contributed by atoms with van der Waals surface area (Å²) in [5, 5.41) is 3.37. The molecule has 0 fully saturated rings. The average Bonchev–Trinajstić information content (AvgIpc) is 3.34. The molecule has 5 nitrogen and oxygen atoms in total. The highest BCUT2D eigenvalue weighted by atomic mass is 15.3. The quantitative estimate of drug-likeness (QED) is 0.173. The van der Waals surface area contributed by atoms with Crippen molar-refractivity contribution in [2.75, 3.05) is 34.7 Å². The number of nitrogens with one attached hydrogen (secondary N) is 1. The van der Waals surface area contributed by atoms with Crippen molar-refractivity contribution in [3.63, 3.8) is 0 Å². The first-order chi connectivity index (χ1) is 23.2. The summed E-state index contributed by atoms with van der Waals surface area (Å²) in [6.07, 6.45) is 19.6. The molecule has 0 amide bonds. The zero-order chi connectivity index (χ0) is 40.4. The maximum absolute atomic E-state index is 5.05. The number of hydrogen-bond acceptors (Lipinski definition) is 5. The van der Waals surface area contributed by atoms with Gasteiger partial charge in [-0.1, -0.05) is 153 Å². The second-order valence-corrected chi connectivity index (χ2v) is 11.8. The van der Waals surface area contributed by atoms with Crippen LogP contribution in [0.15, 0.2) is 82.5 Å². The molecule has 0 heterocycles. The maximum atomic E-state index is 5.05. The lowest BCUT2D eigenvalue weighted by atomic mass is 9.78. The van der Waals surface area contributed by atoms with Crippen LogP contribution >= 0.6 is 0 Å². The summed E-state index contributed by atoms with van der Waals surface area (Å²) in [5.74, 6) is 2.24. The fourth-order valence-corrected chi connectivity index (χ4v) is 3.61. The van der Waals surface area contributed by atoms with Crippen molar-refractivity contribution >= 4 is 12.4 Å². The Bertz CT molecular complexity index is 869. The Hall–Kier alpha value is -2.66. The van der Waals surface area contributed by atoms with E-state index in [1.165, 1.54) is 24.0 Å². The fourth-order valence-electron chi connectivity index (χ4n) is 3.61. The molecule has 0 aromatic rings. The lowest BCUT2D eigenvalue weighted by Gasteiger charge is -2.27. The Morgan fingerprint density at radius 2 is 1.41 bits per heavy atom. The van der Waals surface area contributed by atoms with Crippen LogP contribution in [0.25, 0.3) is 0 Å². The molecule has 1 N–H and O–H groups in total. The summed E-state index contributed by atoms with van der Waals surface area (Å²) in [7, 11) is 7.64. The van der Waals surface area contributed by atoms with Gasteiger partial charge in [-0.3, -0.25) is 4.90 Å². The van der Waals surface area contributed by atoms with Crippen molar-refractivity contribution in [3.8, 4) is 0 Å². The van der Waals surface area contributed by atoms with Gasteiger partial charge >= 0.3 is 0 Å². The molecule has 0 saturated carbocycles. The molecule has 0 spiro atoms. The van der Waals surface area contributed by atoms with E-state index in [0.717, 1.165) is 49.6 Å². The van der Waals surface area contributed by atoms with E-state index in [4.69, 9.17) is 4.99 Å². The number of allylic oxidation sites excluding steroid dienone is 7. The Kier molecular flexibility index (Phi) is 59.6.